The third kappa shape index (κ3) is 1.60. The average Bonchev–Trinajstić information content (AvgIpc) is 2.63. The molecule has 72 valence electrons. The fraction of sp³-hybridized carbons (Fsp3) is 0.182. The number of rotatable bonds is 2. The van der Waals surface area contributed by atoms with Crippen molar-refractivity contribution in [3.8, 4) is 0 Å². The number of benzene rings is 1. The van der Waals surface area contributed by atoms with Crippen LogP contribution in [0.1, 0.15) is 5.56 Å². The molecular weight excluding hydrogens is 216 g/mol. The molecule has 0 bridgehead atoms. The van der Waals surface area contributed by atoms with Crippen molar-refractivity contribution in [1.82, 2.24) is 0 Å². The van der Waals surface area contributed by atoms with E-state index in [1.165, 1.54) is 0 Å². The average molecular weight is 226 g/mol. The van der Waals surface area contributed by atoms with Gasteiger partial charge in [0.15, 0.2) is 0 Å². The number of ether oxygens (including phenoxy) is 2. The quantitative estimate of drug-likeness (QED) is 0.764. The summed E-state index contributed by atoms with van der Waals surface area (Å²) < 4.78 is 11.8. The van der Waals surface area contributed by atoms with Crippen LogP contribution in [-0.4, -0.2) is 11.7 Å². The first kappa shape index (κ1) is 9.82. The zero-order valence-electron chi connectivity index (χ0n) is 7.77. The predicted molar refractivity (Wildman–Crippen MR) is 50.4 cm³/mol. The van der Waals surface area contributed by atoms with Crippen LogP contribution >= 0.6 is 0 Å². The molecule has 1 aromatic carbocycles. The number of hydrogen-bond donors (Lipinski definition) is 0. The molecule has 14 heavy (non-hydrogen) atoms. The SMILES string of the molecule is COC1(c2ccccc2)C=C[C](=[Cr])O1. The molecule has 0 aromatic heterocycles. The van der Waals surface area contributed by atoms with Gasteiger partial charge in [0, 0.05) is 0 Å². The van der Waals surface area contributed by atoms with Crippen LogP contribution in [0.4, 0.5) is 0 Å². The van der Waals surface area contributed by atoms with Gasteiger partial charge in [0.1, 0.15) is 0 Å². The first-order chi connectivity index (χ1) is 6.77. The Morgan fingerprint density at radius 3 is 2.50 bits per heavy atom. The zero-order valence-corrected chi connectivity index (χ0v) is 9.04. The number of methoxy groups -OCH3 is 1. The van der Waals surface area contributed by atoms with E-state index >= 15 is 0 Å². The molecule has 0 aliphatic carbocycles. The molecule has 0 saturated carbocycles. The Morgan fingerprint density at radius 1 is 1.29 bits per heavy atom. The van der Waals surface area contributed by atoms with Crippen LogP contribution < -0.4 is 0 Å². The second-order valence-electron chi connectivity index (χ2n) is 2.99. The van der Waals surface area contributed by atoms with Crippen molar-refractivity contribution in [2.24, 2.45) is 0 Å². The molecule has 3 heteroatoms. The van der Waals surface area contributed by atoms with Gasteiger partial charge in [0.25, 0.3) is 0 Å². The minimum absolute atomic E-state index is 0.746. The van der Waals surface area contributed by atoms with E-state index in [1.807, 2.05) is 42.5 Å². The van der Waals surface area contributed by atoms with E-state index in [2.05, 4.69) is 15.9 Å². The Hall–Kier alpha value is -0.718. The second-order valence-corrected chi connectivity index (χ2v) is 3.62. The fourth-order valence-electron chi connectivity index (χ4n) is 1.45. The molecule has 0 radical (unpaired) electrons. The Labute approximate surface area is 91.1 Å². The van der Waals surface area contributed by atoms with Crippen molar-refractivity contribution in [3.05, 3.63) is 48.0 Å². The molecule has 2 rings (SSSR count). The number of hydrogen-bond acceptors (Lipinski definition) is 2. The molecule has 1 aliphatic rings. The van der Waals surface area contributed by atoms with Gasteiger partial charge in [-0.3, -0.25) is 0 Å². The van der Waals surface area contributed by atoms with Crippen LogP contribution in [0.3, 0.4) is 0 Å². The molecule has 0 fully saturated rings. The van der Waals surface area contributed by atoms with Crippen LogP contribution in [0, 0.1) is 0 Å². The normalized spacial score (nSPS) is 25.6. The molecule has 1 atom stereocenters. The van der Waals surface area contributed by atoms with Crippen LogP contribution in [0.25, 0.3) is 0 Å². The van der Waals surface area contributed by atoms with E-state index in [0.717, 1.165) is 10.1 Å². The summed E-state index contributed by atoms with van der Waals surface area (Å²) in [6.45, 7) is 0. The second kappa shape index (κ2) is 3.80. The molecule has 0 N–H and O–H groups in total. The Morgan fingerprint density at radius 2 is 2.00 bits per heavy atom. The maximum atomic E-state index is 5.61. The van der Waals surface area contributed by atoms with Gasteiger partial charge in [-0.1, -0.05) is 0 Å². The van der Waals surface area contributed by atoms with E-state index in [0.29, 0.717) is 0 Å². The summed E-state index contributed by atoms with van der Waals surface area (Å²) in [6, 6.07) is 9.85. The molecule has 0 spiro atoms. The zero-order chi connectivity index (χ0) is 10.0. The Balaban J connectivity index is 2.40. The summed E-state index contributed by atoms with van der Waals surface area (Å²) in [4.78, 5) is 0. The summed E-state index contributed by atoms with van der Waals surface area (Å²) in [7, 11) is 1.63. The van der Waals surface area contributed by atoms with Gasteiger partial charge in [0.2, 0.25) is 0 Å². The van der Waals surface area contributed by atoms with E-state index in [4.69, 9.17) is 9.47 Å². The maximum absolute atomic E-state index is 5.61. The Bertz CT molecular complexity index is 372. The van der Waals surface area contributed by atoms with Crippen molar-refractivity contribution in [1.29, 1.82) is 0 Å². The minimum atomic E-state index is -0.748. The standard InChI is InChI=1S/C11H10O2.Cr/c1-12-11(8-5-9-13-11)10-6-3-2-4-7-10;/h2-8H,1H3;. The van der Waals surface area contributed by atoms with Gasteiger partial charge < -0.3 is 0 Å². The summed E-state index contributed by atoms with van der Waals surface area (Å²) in [6.07, 6.45) is 3.77. The molecule has 1 aliphatic heterocycles. The molecule has 1 aromatic rings. The first-order valence-corrected chi connectivity index (χ1v) is 4.93. The fourth-order valence-corrected chi connectivity index (χ4v) is 1.75. The molecule has 0 saturated heterocycles. The molecule has 0 amide bonds. The third-order valence-electron chi connectivity index (χ3n) is 2.17. The summed E-state index contributed by atoms with van der Waals surface area (Å²) in [5.41, 5.74) is 0.990. The van der Waals surface area contributed by atoms with Crippen LogP contribution in [0.15, 0.2) is 42.5 Å². The van der Waals surface area contributed by atoms with Gasteiger partial charge >= 0.3 is 90.8 Å². The van der Waals surface area contributed by atoms with Crippen molar-refractivity contribution in [3.63, 3.8) is 0 Å². The summed E-state index contributed by atoms with van der Waals surface area (Å²) >= 11 is 2.83. The first-order valence-electron chi connectivity index (χ1n) is 4.30. The van der Waals surface area contributed by atoms with Crippen molar-refractivity contribution in [2.45, 2.75) is 5.79 Å². The van der Waals surface area contributed by atoms with Gasteiger partial charge in [0.05, 0.1) is 0 Å². The van der Waals surface area contributed by atoms with Gasteiger partial charge in [-0.05, 0) is 0 Å². The van der Waals surface area contributed by atoms with Crippen molar-refractivity contribution in [2.75, 3.05) is 7.11 Å². The van der Waals surface area contributed by atoms with Gasteiger partial charge in [-0.15, -0.1) is 0 Å². The van der Waals surface area contributed by atoms with Crippen molar-refractivity contribution >= 4 is 4.57 Å². The van der Waals surface area contributed by atoms with Crippen LogP contribution in [-0.2, 0) is 31.1 Å². The Kier molecular flexibility index (Phi) is 2.67. The monoisotopic (exact) mass is 226 g/mol. The van der Waals surface area contributed by atoms with E-state index < -0.39 is 5.79 Å². The van der Waals surface area contributed by atoms with E-state index in [-0.39, 0.29) is 0 Å². The van der Waals surface area contributed by atoms with Crippen LogP contribution in [0.2, 0.25) is 0 Å². The summed E-state index contributed by atoms with van der Waals surface area (Å²) in [5, 5.41) is 0. The predicted octanol–water partition coefficient (Wildman–Crippen LogP) is 1.75. The van der Waals surface area contributed by atoms with E-state index in [1.54, 1.807) is 7.11 Å². The van der Waals surface area contributed by atoms with Gasteiger partial charge in [-0.25, -0.2) is 0 Å². The molecular formula is C11H10CrO2. The molecule has 2 nitrogen and oxygen atoms in total. The molecule has 1 unspecified atom stereocenters. The summed E-state index contributed by atoms with van der Waals surface area (Å²) in [5.74, 6) is -0.748. The topological polar surface area (TPSA) is 18.5 Å². The van der Waals surface area contributed by atoms with Gasteiger partial charge in [-0.2, -0.15) is 0 Å². The van der Waals surface area contributed by atoms with Crippen LogP contribution in [0.5, 0.6) is 0 Å². The molecule has 1 heterocycles. The third-order valence-corrected chi connectivity index (χ3v) is 2.51. The van der Waals surface area contributed by atoms with Crippen molar-refractivity contribution < 1.29 is 25.3 Å². The van der Waals surface area contributed by atoms with E-state index in [9.17, 15) is 0 Å².